The molecule has 0 aliphatic heterocycles. The molecule has 90 valence electrons. The predicted octanol–water partition coefficient (Wildman–Crippen LogP) is 1.47. The Balaban J connectivity index is 2.34. The van der Waals surface area contributed by atoms with Crippen LogP contribution in [0.5, 0.6) is 5.88 Å². The number of rotatable bonds is 2. The van der Waals surface area contributed by atoms with Gasteiger partial charge in [0.15, 0.2) is 11.3 Å². The number of ether oxygens (including phenoxy) is 1. The van der Waals surface area contributed by atoms with Crippen LogP contribution in [0.15, 0.2) is 18.6 Å². The van der Waals surface area contributed by atoms with Crippen LogP contribution >= 0.6 is 11.6 Å². The second-order valence-corrected chi connectivity index (χ2v) is 3.73. The van der Waals surface area contributed by atoms with E-state index in [2.05, 4.69) is 30.1 Å². The molecule has 8 heteroatoms. The van der Waals surface area contributed by atoms with E-state index in [9.17, 15) is 0 Å². The van der Waals surface area contributed by atoms with E-state index < -0.39 is 0 Å². The number of aromatic nitrogens is 6. The van der Waals surface area contributed by atoms with Crippen molar-refractivity contribution in [1.82, 2.24) is 30.1 Å². The summed E-state index contributed by atoms with van der Waals surface area (Å²) in [6.07, 6.45) is 4.70. The minimum atomic E-state index is 0.106. The average Bonchev–Trinajstić information content (AvgIpc) is 2.85. The number of aromatic amines is 1. The predicted molar refractivity (Wildman–Crippen MR) is 64.3 cm³/mol. The van der Waals surface area contributed by atoms with E-state index in [0.717, 1.165) is 0 Å². The molecule has 0 fully saturated rings. The normalized spacial score (nSPS) is 10.8. The summed E-state index contributed by atoms with van der Waals surface area (Å²) in [6.45, 7) is 0. The Labute approximate surface area is 106 Å². The van der Waals surface area contributed by atoms with Crippen molar-refractivity contribution in [3.8, 4) is 17.3 Å². The first-order chi connectivity index (χ1) is 8.79. The van der Waals surface area contributed by atoms with E-state index in [1.54, 1.807) is 12.4 Å². The number of methoxy groups -OCH3 is 1. The zero-order chi connectivity index (χ0) is 12.5. The topological polar surface area (TPSA) is 89.5 Å². The first-order valence-electron chi connectivity index (χ1n) is 5.01. The smallest absolute Gasteiger partial charge is 0.241 e. The Morgan fingerprint density at radius 3 is 2.83 bits per heavy atom. The van der Waals surface area contributed by atoms with Gasteiger partial charge in [-0.15, -0.1) is 0 Å². The maximum absolute atomic E-state index is 5.87. The van der Waals surface area contributed by atoms with Crippen LogP contribution in [-0.2, 0) is 0 Å². The molecule has 0 saturated carbocycles. The number of nitrogens with one attached hydrogen (secondary N) is 1. The Morgan fingerprint density at radius 1 is 1.17 bits per heavy atom. The first-order valence-corrected chi connectivity index (χ1v) is 5.39. The van der Waals surface area contributed by atoms with Crippen molar-refractivity contribution >= 4 is 22.6 Å². The van der Waals surface area contributed by atoms with Crippen LogP contribution in [0.3, 0.4) is 0 Å². The lowest BCUT2D eigenvalue weighted by molar-refractivity contribution is 0.397. The third-order valence-electron chi connectivity index (χ3n) is 2.36. The van der Waals surface area contributed by atoms with Gasteiger partial charge in [0, 0.05) is 12.4 Å². The fourth-order valence-electron chi connectivity index (χ4n) is 1.63. The van der Waals surface area contributed by atoms with Gasteiger partial charge in [-0.25, -0.2) is 15.0 Å². The summed E-state index contributed by atoms with van der Waals surface area (Å²) in [4.78, 5) is 16.5. The molecule has 3 aromatic rings. The van der Waals surface area contributed by atoms with Crippen LogP contribution in [0.2, 0.25) is 5.28 Å². The van der Waals surface area contributed by atoms with Crippen LogP contribution in [0.1, 0.15) is 0 Å². The molecule has 3 aromatic heterocycles. The van der Waals surface area contributed by atoms with Crippen molar-refractivity contribution in [3.05, 3.63) is 23.9 Å². The molecule has 0 aliphatic rings. The van der Waals surface area contributed by atoms with Crippen molar-refractivity contribution < 1.29 is 4.74 Å². The molecular weight excluding hydrogens is 256 g/mol. The summed E-state index contributed by atoms with van der Waals surface area (Å²) in [5.74, 6) is 0.370. The van der Waals surface area contributed by atoms with Crippen LogP contribution < -0.4 is 4.74 Å². The first kappa shape index (κ1) is 10.8. The van der Waals surface area contributed by atoms with Gasteiger partial charge in [-0.1, -0.05) is 0 Å². The average molecular weight is 263 g/mol. The molecule has 0 unspecified atom stereocenters. The highest BCUT2D eigenvalue weighted by Crippen LogP contribution is 2.29. The molecule has 7 nitrogen and oxygen atoms in total. The molecule has 0 saturated heterocycles. The van der Waals surface area contributed by atoms with E-state index in [4.69, 9.17) is 16.3 Å². The minimum Gasteiger partial charge on any atom is -0.479 e. The van der Waals surface area contributed by atoms with Gasteiger partial charge in [0.2, 0.25) is 11.2 Å². The molecule has 18 heavy (non-hydrogen) atoms. The maximum atomic E-state index is 5.87. The lowest BCUT2D eigenvalue weighted by Crippen LogP contribution is -1.97. The molecule has 0 atom stereocenters. The summed E-state index contributed by atoms with van der Waals surface area (Å²) in [5, 5.41) is 7.46. The number of fused-ring (bicyclic) bond motifs is 1. The standard InChI is InChI=1S/C10H7ClN6O/c1-18-9-7(12-2-3-13-9)6-5-4-14-17-8(5)16-10(11)15-6/h2-4H,1H3,(H,14,15,16,17). The molecule has 0 aliphatic carbocycles. The summed E-state index contributed by atoms with van der Waals surface area (Å²) in [7, 11) is 1.52. The van der Waals surface area contributed by atoms with Gasteiger partial charge in [-0.3, -0.25) is 5.10 Å². The van der Waals surface area contributed by atoms with E-state index >= 15 is 0 Å². The third-order valence-corrected chi connectivity index (χ3v) is 2.53. The summed E-state index contributed by atoms with van der Waals surface area (Å²) in [6, 6.07) is 0. The zero-order valence-corrected chi connectivity index (χ0v) is 10.0. The second kappa shape index (κ2) is 4.19. The number of halogens is 1. The molecule has 0 spiro atoms. The van der Waals surface area contributed by atoms with Crippen molar-refractivity contribution in [3.63, 3.8) is 0 Å². The van der Waals surface area contributed by atoms with Crippen molar-refractivity contribution in [2.75, 3.05) is 7.11 Å². The fraction of sp³-hybridized carbons (Fsp3) is 0.100. The molecule has 0 radical (unpaired) electrons. The maximum Gasteiger partial charge on any atom is 0.241 e. The highest BCUT2D eigenvalue weighted by Gasteiger charge is 2.16. The molecule has 1 N–H and O–H groups in total. The number of nitrogens with zero attached hydrogens (tertiary/aromatic N) is 5. The lowest BCUT2D eigenvalue weighted by Gasteiger charge is -2.05. The van der Waals surface area contributed by atoms with Gasteiger partial charge in [0.25, 0.3) is 0 Å². The number of H-pyrrole nitrogens is 1. The lowest BCUT2D eigenvalue weighted by atomic mass is 10.2. The number of hydrogen-bond acceptors (Lipinski definition) is 6. The largest absolute Gasteiger partial charge is 0.479 e. The quantitative estimate of drug-likeness (QED) is 0.704. The fourth-order valence-corrected chi connectivity index (χ4v) is 1.79. The monoisotopic (exact) mass is 262 g/mol. The summed E-state index contributed by atoms with van der Waals surface area (Å²) >= 11 is 5.87. The Kier molecular flexibility index (Phi) is 2.52. The SMILES string of the molecule is COc1nccnc1-c1nc(Cl)nc2[nH]ncc12. The van der Waals surface area contributed by atoms with E-state index in [1.165, 1.54) is 13.3 Å². The molecule has 3 heterocycles. The Morgan fingerprint density at radius 2 is 2.00 bits per heavy atom. The molecule has 0 bridgehead atoms. The molecule has 0 amide bonds. The highest BCUT2D eigenvalue weighted by molar-refractivity contribution is 6.28. The molecular formula is C10H7ClN6O. The Hall–Kier alpha value is -2.28. The van der Waals surface area contributed by atoms with Crippen LogP contribution in [0.25, 0.3) is 22.4 Å². The van der Waals surface area contributed by atoms with Crippen LogP contribution in [-0.4, -0.2) is 37.2 Å². The van der Waals surface area contributed by atoms with Crippen molar-refractivity contribution in [2.24, 2.45) is 0 Å². The van der Waals surface area contributed by atoms with Crippen LogP contribution in [0, 0.1) is 0 Å². The van der Waals surface area contributed by atoms with Gasteiger partial charge >= 0.3 is 0 Å². The zero-order valence-electron chi connectivity index (χ0n) is 9.25. The molecule has 3 rings (SSSR count). The van der Waals surface area contributed by atoms with Crippen molar-refractivity contribution in [2.45, 2.75) is 0 Å². The minimum absolute atomic E-state index is 0.106. The highest BCUT2D eigenvalue weighted by atomic mass is 35.5. The van der Waals surface area contributed by atoms with Gasteiger partial charge in [-0.05, 0) is 11.6 Å². The third kappa shape index (κ3) is 1.65. The van der Waals surface area contributed by atoms with Gasteiger partial charge in [-0.2, -0.15) is 10.1 Å². The molecule has 0 aromatic carbocycles. The van der Waals surface area contributed by atoms with Gasteiger partial charge in [0.1, 0.15) is 5.69 Å². The van der Waals surface area contributed by atoms with Gasteiger partial charge < -0.3 is 4.74 Å². The van der Waals surface area contributed by atoms with E-state index in [-0.39, 0.29) is 5.28 Å². The number of hydrogen-bond donors (Lipinski definition) is 1. The Bertz CT molecular complexity index is 712. The van der Waals surface area contributed by atoms with Gasteiger partial charge in [0.05, 0.1) is 18.7 Å². The van der Waals surface area contributed by atoms with E-state index in [1.807, 2.05) is 0 Å². The summed E-state index contributed by atoms with van der Waals surface area (Å²) in [5.41, 5.74) is 1.57. The van der Waals surface area contributed by atoms with Crippen molar-refractivity contribution in [1.29, 1.82) is 0 Å². The van der Waals surface area contributed by atoms with Crippen LogP contribution in [0.4, 0.5) is 0 Å². The summed E-state index contributed by atoms with van der Waals surface area (Å²) < 4.78 is 5.16. The van der Waals surface area contributed by atoms with E-state index in [0.29, 0.717) is 28.3 Å². The second-order valence-electron chi connectivity index (χ2n) is 3.39.